The zero-order valence-corrected chi connectivity index (χ0v) is 16.6. The first kappa shape index (κ1) is 19.2. The fraction of sp³-hybridized carbons (Fsp3) is 0.667. The molecule has 1 aromatic carbocycles. The number of likely N-dealkylation sites (tertiary alicyclic amines) is 1. The van der Waals surface area contributed by atoms with Gasteiger partial charge >= 0.3 is 0 Å². The smallest absolute Gasteiger partial charge is 0.263 e. The van der Waals surface area contributed by atoms with Gasteiger partial charge in [-0.15, -0.1) is 0 Å². The van der Waals surface area contributed by atoms with Crippen LogP contribution in [-0.4, -0.2) is 67.1 Å². The molecule has 2 unspecified atom stereocenters. The Labute approximate surface area is 157 Å². The van der Waals surface area contributed by atoms with Gasteiger partial charge in [0.15, 0.2) is 6.10 Å². The summed E-state index contributed by atoms with van der Waals surface area (Å²) >= 11 is 0. The van der Waals surface area contributed by atoms with Crippen LogP contribution in [0.4, 0.5) is 0 Å². The molecule has 2 fully saturated rings. The highest BCUT2D eigenvalue weighted by molar-refractivity contribution is 5.81. The van der Waals surface area contributed by atoms with Crippen LogP contribution in [0.1, 0.15) is 44.2 Å². The van der Waals surface area contributed by atoms with E-state index < -0.39 is 6.10 Å². The molecule has 0 bridgehead atoms. The van der Waals surface area contributed by atoms with Crippen molar-refractivity contribution in [3.05, 3.63) is 29.3 Å². The van der Waals surface area contributed by atoms with Crippen LogP contribution in [-0.2, 0) is 4.79 Å². The number of nitrogens with one attached hydrogen (secondary N) is 1. The summed E-state index contributed by atoms with van der Waals surface area (Å²) in [6.07, 6.45) is 0.622. The van der Waals surface area contributed by atoms with E-state index in [0.29, 0.717) is 12.0 Å². The van der Waals surface area contributed by atoms with Gasteiger partial charge < -0.3 is 15.0 Å². The average Bonchev–Trinajstić information content (AvgIpc) is 3.11. The van der Waals surface area contributed by atoms with Crippen molar-refractivity contribution in [3.8, 4) is 5.75 Å². The molecule has 2 atom stereocenters. The SMILES string of the molecule is Cc1ccc(C(C)C)c(OC(C)C(=O)N2CCC(N3CCNCC3)C2)c1. The summed E-state index contributed by atoms with van der Waals surface area (Å²) in [4.78, 5) is 17.4. The van der Waals surface area contributed by atoms with Crippen LogP contribution in [0.5, 0.6) is 5.75 Å². The first-order chi connectivity index (χ1) is 12.5. The lowest BCUT2D eigenvalue weighted by Gasteiger charge is -2.32. The molecule has 3 rings (SSSR count). The van der Waals surface area contributed by atoms with Crippen molar-refractivity contribution in [1.82, 2.24) is 15.1 Å². The summed E-state index contributed by atoms with van der Waals surface area (Å²) in [5.74, 6) is 1.33. The van der Waals surface area contributed by atoms with Gasteiger partial charge in [-0.1, -0.05) is 26.0 Å². The van der Waals surface area contributed by atoms with E-state index in [1.807, 2.05) is 17.9 Å². The predicted octanol–water partition coefficient (Wildman–Crippen LogP) is 2.39. The van der Waals surface area contributed by atoms with Gasteiger partial charge in [0, 0.05) is 45.3 Å². The molecule has 1 aromatic rings. The van der Waals surface area contributed by atoms with Gasteiger partial charge in [-0.2, -0.15) is 0 Å². The van der Waals surface area contributed by atoms with E-state index in [4.69, 9.17) is 4.74 Å². The van der Waals surface area contributed by atoms with Gasteiger partial charge in [0.25, 0.3) is 5.91 Å². The lowest BCUT2D eigenvalue weighted by Crippen LogP contribution is -2.50. The van der Waals surface area contributed by atoms with E-state index >= 15 is 0 Å². The molecule has 0 aromatic heterocycles. The number of benzene rings is 1. The molecular formula is C21H33N3O2. The highest BCUT2D eigenvalue weighted by Gasteiger charge is 2.33. The molecule has 2 aliphatic heterocycles. The van der Waals surface area contributed by atoms with Crippen LogP contribution in [0, 0.1) is 6.92 Å². The first-order valence-electron chi connectivity index (χ1n) is 9.96. The topological polar surface area (TPSA) is 44.8 Å². The molecule has 1 N–H and O–H groups in total. The van der Waals surface area contributed by atoms with Gasteiger partial charge in [-0.05, 0) is 43.4 Å². The zero-order valence-electron chi connectivity index (χ0n) is 16.6. The number of piperazine rings is 1. The molecule has 0 saturated carbocycles. The van der Waals surface area contributed by atoms with E-state index in [0.717, 1.165) is 62.6 Å². The standard InChI is InChI=1S/C21H33N3O2/c1-15(2)19-6-5-16(3)13-20(19)26-17(4)21(25)24-10-7-18(14-24)23-11-8-22-9-12-23/h5-6,13,15,17-18,22H,7-12,14H2,1-4H3. The van der Waals surface area contributed by atoms with E-state index in [1.54, 1.807) is 0 Å². The van der Waals surface area contributed by atoms with Crippen molar-refractivity contribution < 1.29 is 9.53 Å². The molecular weight excluding hydrogens is 326 g/mol. The van der Waals surface area contributed by atoms with Crippen LogP contribution >= 0.6 is 0 Å². The third-order valence-corrected chi connectivity index (χ3v) is 5.59. The fourth-order valence-electron chi connectivity index (χ4n) is 4.01. The number of ether oxygens (including phenoxy) is 1. The fourth-order valence-corrected chi connectivity index (χ4v) is 4.01. The normalized spacial score (nSPS) is 22.7. The minimum Gasteiger partial charge on any atom is -0.481 e. The third-order valence-electron chi connectivity index (χ3n) is 5.59. The van der Waals surface area contributed by atoms with Gasteiger partial charge in [0.1, 0.15) is 5.75 Å². The molecule has 5 nitrogen and oxygen atoms in total. The van der Waals surface area contributed by atoms with Gasteiger partial charge in [-0.25, -0.2) is 0 Å². The predicted molar refractivity (Wildman–Crippen MR) is 105 cm³/mol. The number of rotatable bonds is 5. The van der Waals surface area contributed by atoms with Gasteiger partial charge in [-0.3, -0.25) is 9.69 Å². The third kappa shape index (κ3) is 4.38. The minimum absolute atomic E-state index is 0.110. The molecule has 2 heterocycles. The summed E-state index contributed by atoms with van der Waals surface area (Å²) in [7, 11) is 0. The van der Waals surface area contributed by atoms with Crippen LogP contribution in [0.3, 0.4) is 0 Å². The maximum absolute atomic E-state index is 12.9. The van der Waals surface area contributed by atoms with E-state index in [2.05, 4.69) is 43.1 Å². The summed E-state index contributed by atoms with van der Waals surface area (Å²) in [5.41, 5.74) is 2.32. The summed E-state index contributed by atoms with van der Waals surface area (Å²) in [5, 5.41) is 3.39. The molecule has 0 spiro atoms. The largest absolute Gasteiger partial charge is 0.481 e. The second-order valence-electron chi connectivity index (χ2n) is 7.97. The van der Waals surface area contributed by atoms with Crippen LogP contribution in [0.15, 0.2) is 18.2 Å². The highest BCUT2D eigenvalue weighted by Crippen LogP contribution is 2.29. The molecule has 2 aliphatic rings. The Bertz CT molecular complexity index is 626. The number of nitrogens with zero attached hydrogens (tertiary/aromatic N) is 2. The second-order valence-corrected chi connectivity index (χ2v) is 7.97. The Morgan fingerprint density at radius 3 is 2.62 bits per heavy atom. The first-order valence-corrected chi connectivity index (χ1v) is 9.96. The molecule has 0 aliphatic carbocycles. The number of hydrogen-bond donors (Lipinski definition) is 1. The number of carbonyl (C=O) groups is 1. The molecule has 0 radical (unpaired) electrons. The Morgan fingerprint density at radius 1 is 1.19 bits per heavy atom. The number of hydrogen-bond acceptors (Lipinski definition) is 4. The van der Waals surface area contributed by atoms with Crippen LogP contribution in [0.2, 0.25) is 0 Å². The zero-order chi connectivity index (χ0) is 18.7. The molecule has 26 heavy (non-hydrogen) atoms. The van der Waals surface area contributed by atoms with Gasteiger partial charge in [0.2, 0.25) is 0 Å². The van der Waals surface area contributed by atoms with Crippen LogP contribution < -0.4 is 10.1 Å². The number of aryl methyl sites for hydroxylation is 1. The Balaban J connectivity index is 1.61. The van der Waals surface area contributed by atoms with Gasteiger partial charge in [0.05, 0.1) is 0 Å². The number of carbonyl (C=O) groups excluding carboxylic acids is 1. The molecule has 2 saturated heterocycles. The van der Waals surface area contributed by atoms with E-state index in [-0.39, 0.29) is 5.91 Å². The minimum atomic E-state index is -0.448. The summed E-state index contributed by atoms with van der Waals surface area (Å²) in [6, 6.07) is 6.77. The maximum atomic E-state index is 12.9. The Morgan fingerprint density at radius 2 is 1.92 bits per heavy atom. The van der Waals surface area contributed by atoms with Crippen molar-refractivity contribution in [2.75, 3.05) is 39.3 Å². The van der Waals surface area contributed by atoms with E-state index in [9.17, 15) is 4.79 Å². The quantitative estimate of drug-likeness (QED) is 0.877. The van der Waals surface area contributed by atoms with Crippen LogP contribution in [0.25, 0.3) is 0 Å². The second kappa shape index (κ2) is 8.40. The maximum Gasteiger partial charge on any atom is 0.263 e. The lowest BCUT2D eigenvalue weighted by atomic mass is 10.0. The summed E-state index contributed by atoms with van der Waals surface area (Å²) in [6.45, 7) is 14.2. The Kier molecular flexibility index (Phi) is 6.20. The summed E-state index contributed by atoms with van der Waals surface area (Å²) < 4.78 is 6.13. The molecule has 1 amide bonds. The Hall–Kier alpha value is -1.59. The van der Waals surface area contributed by atoms with Crippen molar-refractivity contribution >= 4 is 5.91 Å². The molecule has 5 heteroatoms. The lowest BCUT2D eigenvalue weighted by molar-refractivity contribution is -0.137. The molecule has 144 valence electrons. The van der Waals surface area contributed by atoms with Crippen molar-refractivity contribution in [1.29, 1.82) is 0 Å². The monoisotopic (exact) mass is 359 g/mol. The van der Waals surface area contributed by atoms with Crippen molar-refractivity contribution in [2.24, 2.45) is 0 Å². The number of amides is 1. The van der Waals surface area contributed by atoms with E-state index in [1.165, 1.54) is 0 Å². The van der Waals surface area contributed by atoms with Crippen molar-refractivity contribution in [2.45, 2.75) is 52.2 Å². The highest BCUT2D eigenvalue weighted by atomic mass is 16.5. The average molecular weight is 360 g/mol. The van der Waals surface area contributed by atoms with Crippen molar-refractivity contribution in [3.63, 3.8) is 0 Å².